The van der Waals surface area contributed by atoms with Gasteiger partial charge >= 0.3 is 13.8 Å². The zero-order valence-electron chi connectivity index (χ0n) is 34.7. The number of hydrogen-bond acceptors (Lipinski definition) is 7. The standard InChI is InChI=1S/C44H82NO8P/c1-3-5-7-9-11-13-15-17-19-20-21-23-24-26-28-30-32-34-36-43(47)45-38-39-52-54(49,50)53-41-42(46)40-51-44(48)37-35-33-31-29-27-25-22-18-16-14-12-10-8-6-4-2/h12,14,18-20,22,42,46H,3-11,13,15-17,21,23-41H2,1-2H3,(H,45,47)(H,49,50)/b14-12-,20-19-,22-18-. The van der Waals surface area contributed by atoms with Crippen molar-refractivity contribution in [1.82, 2.24) is 5.32 Å². The van der Waals surface area contributed by atoms with Crippen LogP contribution in [0.1, 0.15) is 200 Å². The van der Waals surface area contributed by atoms with Crippen molar-refractivity contribution in [2.24, 2.45) is 0 Å². The number of phosphoric acid groups is 1. The molecule has 0 aliphatic carbocycles. The quantitative estimate of drug-likeness (QED) is 0.0242. The third-order valence-electron chi connectivity index (χ3n) is 9.29. The SMILES string of the molecule is CCCCC/C=C\C/C=C\CCCCCCCC(=O)OCC(O)COP(=O)(O)OCCNC(=O)CCCCCCCCC/C=C\CCCCCCCCC. The predicted molar refractivity (Wildman–Crippen MR) is 224 cm³/mol. The normalized spacial score (nSPS) is 13.6. The van der Waals surface area contributed by atoms with E-state index in [9.17, 15) is 24.2 Å². The highest BCUT2D eigenvalue weighted by Gasteiger charge is 2.23. The third-order valence-corrected chi connectivity index (χ3v) is 10.3. The zero-order valence-corrected chi connectivity index (χ0v) is 35.6. The zero-order chi connectivity index (χ0) is 39.6. The highest BCUT2D eigenvalue weighted by Crippen LogP contribution is 2.42. The van der Waals surface area contributed by atoms with Gasteiger partial charge in [-0.25, -0.2) is 4.57 Å². The third kappa shape index (κ3) is 41.4. The van der Waals surface area contributed by atoms with Gasteiger partial charge in [0.05, 0.1) is 13.2 Å². The molecule has 9 nitrogen and oxygen atoms in total. The van der Waals surface area contributed by atoms with Crippen LogP contribution >= 0.6 is 7.82 Å². The number of aliphatic hydroxyl groups is 1. The number of carbonyl (C=O) groups excluding carboxylic acids is 2. The molecule has 2 atom stereocenters. The minimum atomic E-state index is -4.42. The van der Waals surface area contributed by atoms with Crippen LogP contribution in [-0.4, -0.2) is 54.3 Å². The van der Waals surface area contributed by atoms with Crippen LogP contribution in [0.5, 0.6) is 0 Å². The highest BCUT2D eigenvalue weighted by atomic mass is 31.2. The molecule has 0 saturated carbocycles. The average Bonchev–Trinajstić information content (AvgIpc) is 3.16. The van der Waals surface area contributed by atoms with Crippen molar-refractivity contribution >= 4 is 19.7 Å². The molecule has 54 heavy (non-hydrogen) atoms. The number of aliphatic hydroxyl groups excluding tert-OH is 1. The Kier molecular flexibility index (Phi) is 39.5. The van der Waals surface area contributed by atoms with Crippen molar-refractivity contribution < 1.29 is 37.9 Å². The molecule has 0 rings (SSSR count). The fraction of sp³-hybridized carbons (Fsp3) is 0.818. The molecule has 0 spiro atoms. The molecule has 1 amide bonds. The molecule has 0 aliphatic rings. The van der Waals surface area contributed by atoms with E-state index in [0.29, 0.717) is 6.42 Å². The number of carbonyl (C=O) groups is 2. The summed E-state index contributed by atoms with van der Waals surface area (Å²) < 4.78 is 26.9. The number of rotatable bonds is 41. The van der Waals surface area contributed by atoms with Gasteiger partial charge in [0, 0.05) is 19.4 Å². The van der Waals surface area contributed by atoms with Crippen molar-refractivity contribution in [2.45, 2.75) is 206 Å². The van der Waals surface area contributed by atoms with E-state index in [4.69, 9.17) is 13.8 Å². The Labute approximate surface area is 331 Å². The van der Waals surface area contributed by atoms with Crippen LogP contribution in [0.25, 0.3) is 0 Å². The first-order valence-corrected chi connectivity index (χ1v) is 23.5. The molecule has 2 unspecified atom stereocenters. The second kappa shape index (κ2) is 40.9. The second-order valence-electron chi connectivity index (χ2n) is 14.7. The minimum Gasteiger partial charge on any atom is -0.463 e. The maximum atomic E-state index is 12.1. The predicted octanol–water partition coefficient (Wildman–Crippen LogP) is 12.2. The van der Waals surface area contributed by atoms with E-state index in [1.54, 1.807) is 0 Å². The van der Waals surface area contributed by atoms with E-state index >= 15 is 0 Å². The number of amides is 1. The van der Waals surface area contributed by atoms with Gasteiger partial charge in [-0.15, -0.1) is 0 Å². The molecular weight excluding hydrogens is 701 g/mol. The molecule has 0 saturated heterocycles. The van der Waals surface area contributed by atoms with Gasteiger partial charge in [-0.3, -0.25) is 18.6 Å². The summed E-state index contributed by atoms with van der Waals surface area (Å²) in [7, 11) is -4.42. The number of nitrogens with one attached hydrogen (secondary N) is 1. The maximum absolute atomic E-state index is 12.1. The minimum absolute atomic E-state index is 0.0780. The lowest BCUT2D eigenvalue weighted by atomic mass is 10.1. The maximum Gasteiger partial charge on any atom is 0.472 e. The molecule has 0 heterocycles. The Morgan fingerprint density at radius 3 is 1.54 bits per heavy atom. The topological polar surface area (TPSA) is 131 Å². The summed E-state index contributed by atoms with van der Waals surface area (Å²) >= 11 is 0. The van der Waals surface area contributed by atoms with Gasteiger partial charge in [-0.2, -0.15) is 0 Å². The highest BCUT2D eigenvalue weighted by molar-refractivity contribution is 7.47. The van der Waals surface area contributed by atoms with E-state index in [-0.39, 0.29) is 32.1 Å². The Morgan fingerprint density at radius 1 is 0.574 bits per heavy atom. The molecule has 316 valence electrons. The van der Waals surface area contributed by atoms with Crippen molar-refractivity contribution in [3.05, 3.63) is 36.5 Å². The molecule has 0 aromatic heterocycles. The van der Waals surface area contributed by atoms with Gasteiger partial charge in [0.25, 0.3) is 0 Å². The van der Waals surface area contributed by atoms with Gasteiger partial charge < -0.3 is 20.1 Å². The van der Waals surface area contributed by atoms with E-state index in [2.05, 4.69) is 55.6 Å². The molecular formula is C44H82NO8P. The summed E-state index contributed by atoms with van der Waals surface area (Å²) in [4.78, 5) is 33.9. The number of esters is 1. The fourth-order valence-electron chi connectivity index (χ4n) is 5.93. The molecule has 0 fully saturated rings. The summed E-state index contributed by atoms with van der Waals surface area (Å²) in [6, 6.07) is 0. The number of allylic oxidation sites excluding steroid dienone is 6. The van der Waals surface area contributed by atoms with Gasteiger partial charge in [0.15, 0.2) is 0 Å². The van der Waals surface area contributed by atoms with Gasteiger partial charge in [0.2, 0.25) is 5.91 Å². The number of unbranched alkanes of at least 4 members (excludes halogenated alkanes) is 22. The van der Waals surface area contributed by atoms with Crippen LogP contribution in [0.2, 0.25) is 0 Å². The summed E-state index contributed by atoms with van der Waals surface area (Å²) in [6.45, 7) is 3.51. The molecule has 0 bridgehead atoms. The van der Waals surface area contributed by atoms with Crippen LogP contribution in [0, 0.1) is 0 Å². The van der Waals surface area contributed by atoms with Crippen LogP contribution in [0.15, 0.2) is 36.5 Å². The summed E-state index contributed by atoms with van der Waals surface area (Å²) in [6.07, 6.45) is 45.0. The second-order valence-corrected chi connectivity index (χ2v) is 16.1. The Balaban J connectivity index is 3.61. The van der Waals surface area contributed by atoms with Crippen molar-refractivity contribution in [1.29, 1.82) is 0 Å². The Morgan fingerprint density at radius 2 is 1.00 bits per heavy atom. The van der Waals surface area contributed by atoms with E-state index in [1.807, 2.05) is 0 Å². The Hall–Kier alpha value is -1.77. The lowest BCUT2D eigenvalue weighted by Crippen LogP contribution is -2.27. The number of hydrogen-bond donors (Lipinski definition) is 3. The van der Waals surface area contributed by atoms with E-state index < -0.39 is 26.5 Å². The van der Waals surface area contributed by atoms with Crippen molar-refractivity contribution in [2.75, 3.05) is 26.4 Å². The van der Waals surface area contributed by atoms with Crippen molar-refractivity contribution in [3.8, 4) is 0 Å². The molecule has 0 aromatic rings. The fourth-order valence-corrected chi connectivity index (χ4v) is 6.69. The smallest absolute Gasteiger partial charge is 0.463 e. The summed E-state index contributed by atoms with van der Waals surface area (Å²) in [5.41, 5.74) is 0. The molecule has 10 heteroatoms. The molecule has 0 aliphatic heterocycles. The molecule has 0 aromatic carbocycles. The van der Waals surface area contributed by atoms with E-state index in [0.717, 1.165) is 64.2 Å². The number of phosphoric ester groups is 1. The van der Waals surface area contributed by atoms with E-state index in [1.165, 1.54) is 109 Å². The lowest BCUT2D eigenvalue weighted by Gasteiger charge is -2.15. The first-order valence-electron chi connectivity index (χ1n) is 22.0. The molecule has 3 N–H and O–H groups in total. The average molecular weight is 784 g/mol. The van der Waals surface area contributed by atoms with Crippen LogP contribution in [0.4, 0.5) is 0 Å². The van der Waals surface area contributed by atoms with Crippen LogP contribution < -0.4 is 5.32 Å². The molecule has 0 radical (unpaired) electrons. The largest absolute Gasteiger partial charge is 0.472 e. The number of ether oxygens (including phenoxy) is 1. The monoisotopic (exact) mass is 784 g/mol. The first kappa shape index (κ1) is 52.2. The van der Waals surface area contributed by atoms with Crippen molar-refractivity contribution in [3.63, 3.8) is 0 Å². The summed E-state index contributed by atoms with van der Waals surface area (Å²) in [5, 5.41) is 12.7. The van der Waals surface area contributed by atoms with Gasteiger partial charge in [-0.1, -0.05) is 153 Å². The van der Waals surface area contributed by atoms with Crippen LogP contribution in [0.3, 0.4) is 0 Å². The van der Waals surface area contributed by atoms with Gasteiger partial charge in [-0.05, 0) is 70.6 Å². The lowest BCUT2D eigenvalue weighted by molar-refractivity contribution is -0.147. The van der Waals surface area contributed by atoms with Crippen LogP contribution in [-0.2, 0) is 27.9 Å². The first-order chi connectivity index (χ1) is 26.3. The summed E-state index contributed by atoms with van der Waals surface area (Å²) in [5.74, 6) is -0.533. The van der Waals surface area contributed by atoms with Gasteiger partial charge in [0.1, 0.15) is 12.7 Å². The Bertz CT molecular complexity index is 986.